The van der Waals surface area contributed by atoms with E-state index in [-0.39, 0.29) is 62.0 Å². The zero-order valence-electron chi connectivity index (χ0n) is 73.3. The average Bonchev–Trinajstić information content (AvgIpc) is 1.64. The summed E-state index contributed by atoms with van der Waals surface area (Å²) in [4.78, 5) is 77.3. The summed E-state index contributed by atoms with van der Waals surface area (Å²) in [6.07, 6.45) is 21.0. The Morgan fingerprint density at radius 3 is 1.34 bits per heavy atom. The van der Waals surface area contributed by atoms with Crippen molar-refractivity contribution in [1.82, 2.24) is 59.7 Å². The molecule has 8 aromatic rings. The van der Waals surface area contributed by atoms with E-state index < -0.39 is 5.97 Å². The molecule has 30 nitrogen and oxygen atoms in total. The summed E-state index contributed by atoms with van der Waals surface area (Å²) in [5.41, 5.74) is 24.0. The van der Waals surface area contributed by atoms with Gasteiger partial charge in [0.25, 0.3) is 0 Å². The molecule has 0 radical (unpaired) electrons. The van der Waals surface area contributed by atoms with Gasteiger partial charge in [-0.05, 0) is 163 Å². The van der Waals surface area contributed by atoms with Crippen LogP contribution in [0.4, 0.5) is 0 Å². The molecule has 8 heterocycles. The van der Waals surface area contributed by atoms with E-state index in [0.29, 0.717) is 82.1 Å². The number of hydrazine groups is 1. The third-order valence-electron chi connectivity index (χ3n) is 20.8. The Balaban J connectivity index is 0.000000178. The zero-order valence-corrected chi connectivity index (χ0v) is 73.3. The summed E-state index contributed by atoms with van der Waals surface area (Å²) < 4.78 is 52.2. The predicted octanol–water partition coefficient (Wildman–Crippen LogP) is 11.6. The summed E-state index contributed by atoms with van der Waals surface area (Å²) in [6, 6.07) is 30.9. The van der Waals surface area contributed by atoms with E-state index in [4.69, 9.17) is 54.6 Å². The highest BCUT2D eigenvalue weighted by Gasteiger charge is 2.29. The maximum absolute atomic E-state index is 12.5. The number of likely N-dealkylation sites (N-methyl/N-ethyl adjacent to an activating group) is 2. The number of aryl methyl sites for hydroxylation is 5. The Labute approximate surface area is 712 Å². The first-order valence-corrected chi connectivity index (χ1v) is 41.5. The highest BCUT2D eigenvalue weighted by Crippen LogP contribution is 2.41. The maximum atomic E-state index is 12.5. The predicted molar refractivity (Wildman–Crippen MR) is 464 cm³/mol. The number of hydrogen-bond donors (Lipinski definition) is 5. The number of esters is 2. The van der Waals surface area contributed by atoms with Gasteiger partial charge in [-0.2, -0.15) is 15.3 Å². The maximum Gasteiger partial charge on any atom is 0.327 e. The Morgan fingerprint density at radius 1 is 0.537 bits per heavy atom. The van der Waals surface area contributed by atoms with Crippen molar-refractivity contribution in [2.24, 2.45) is 11.6 Å². The molecule has 0 spiro atoms. The number of ketones is 2. The molecule has 7 aliphatic rings. The number of rotatable bonds is 21. The van der Waals surface area contributed by atoms with Crippen molar-refractivity contribution in [1.29, 1.82) is 0 Å². The number of amides is 1. The fraction of sp³-hybridized carbons (Fsp3) is 0.484. The van der Waals surface area contributed by atoms with Gasteiger partial charge in [0, 0.05) is 113 Å². The average molecular weight is 1670 g/mol. The molecule has 3 aromatic heterocycles. The molecule has 2 aliphatic carbocycles. The van der Waals surface area contributed by atoms with Crippen LogP contribution in [0.1, 0.15) is 150 Å². The summed E-state index contributed by atoms with van der Waals surface area (Å²) >= 11 is 0. The number of fused-ring (bicyclic) bond motifs is 11. The number of Topliss-reactive ketones (excluding diaryl/α,β-unsaturated/α-hetero) is 2. The van der Waals surface area contributed by atoms with E-state index in [0.717, 1.165) is 133 Å². The van der Waals surface area contributed by atoms with Gasteiger partial charge in [0.2, 0.25) is 12.3 Å². The number of nitrogens with two attached hydrogens (primary N) is 2. The van der Waals surface area contributed by atoms with Gasteiger partial charge in [-0.25, -0.2) is 5.43 Å². The van der Waals surface area contributed by atoms with Gasteiger partial charge in [0.05, 0.1) is 72.2 Å². The molecule has 2 fully saturated rings. The summed E-state index contributed by atoms with van der Waals surface area (Å²) in [5, 5.41) is 24.8. The smallest absolute Gasteiger partial charge is 0.327 e. The molecule has 5 aliphatic heterocycles. The first-order chi connectivity index (χ1) is 58.2. The lowest BCUT2D eigenvalue weighted by Gasteiger charge is -2.31. The van der Waals surface area contributed by atoms with Crippen LogP contribution in [0.2, 0.25) is 0 Å². The summed E-state index contributed by atoms with van der Waals surface area (Å²) in [6.45, 7) is 20.4. The minimum Gasteiger partial charge on any atom is -0.492 e. The van der Waals surface area contributed by atoms with Gasteiger partial charge in [0.1, 0.15) is 81.4 Å². The lowest BCUT2D eigenvalue weighted by molar-refractivity contribution is -0.179. The molecule has 0 atom stereocenters. The third kappa shape index (κ3) is 28.7. The van der Waals surface area contributed by atoms with Crippen molar-refractivity contribution in [3.8, 4) is 62.5 Å². The molecule has 7 N–H and O–H groups in total. The normalized spacial score (nSPS) is 14.7. The van der Waals surface area contributed by atoms with Crippen molar-refractivity contribution in [2.45, 2.75) is 177 Å². The third-order valence-corrected chi connectivity index (χ3v) is 20.8. The summed E-state index contributed by atoms with van der Waals surface area (Å²) in [5.74, 6) is 7.45. The van der Waals surface area contributed by atoms with E-state index >= 15 is 0 Å². The minimum atomic E-state index is -0.901. The van der Waals surface area contributed by atoms with Gasteiger partial charge in [0.15, 0.2) is 11.6 Å². The second kappa shape index (κ2) is 48.6. The number of methoxy groups -OCH3 is 2. The molecule has 5 aromatic carbocycles. The lowest BCUT2D eigenvalue weighted by atomic mass is 9.94. The molecule has 30 heteroatoms. The highest BCUT2D eigenvalue weighted by atomic mass is 16.7. The van der Waals surface area contributed by atoms with Gasteiger partial charge < -0.3 is 73.5 Å². The quantitative estimate of drug-likeness (QED) is 0.0147. The van der Waals surface area contributed by atoms with Crippen LogP contribution in [0.5, 0.6) is 28.7 Å². The number of carbonyl (C=O) groups excluding carboxylic acids is 5. The van der Waals surface area contributed by atoms with Crippen molar-refractivity contribution in [3.05, 3.63) is 177 Å². The van der Waals surface area contributed by atoms with Crippen LogP contribution in [0.15, 0.2) is 121 Å². The zero-order chi connectivity index (χ0) is 87.7. The van der Waals surface area contributed by atoms with Crippen LogP contribution in [0.3, 0.4) is 0 Å². The minimum absolute atomic E-state index is 0.00337. The molecule has 0 unspecified atom stereocenters. The molecule has 121 heavy (non-hydrogen) atoms. The largest absolute Gasteiger partial charge is 0.492 e. The Hall–Kier alpha value is -10.8. The number of benzene rings is 5. The monoisotopic (exact) mass is 1670 g/mol. The second-order valence-corrected chi connectivity index (χ2v) is 31.0. The molecular weight excluding hydrogens is 1550 g/mol. The molecule has 2 saturated carbocycles. The van der Waals surface area contributed by atoms with Crippen LogP contribution in [0, 0.1) is 34.6 Å². The van der Waals surface area contributed by atoms with Crippen molar-refractivity contribution < 1.29 is 76.5 Å². The van der Waals surface area contributed by atoms with Crippen LogP contribution in [-0.4, -0.2) is 224 Å². The summed E-state index contributed by atoms with van der Waals surface area (Å²) in [7, 11) is 15.1. The fourth-order valence-electron chi connectivity index (χ4n) is 14.8. The molecule has 1 amide bonds. The van der Waals surface area contributed by atoms with Crippen LogP contribution in [0.25, 0.3) is 33.8 Å². The van der Waals surface area contributed by atoms with Crippen LogP contribution in [-0.2, 0) is 77.6 Å². The van der Waals surface area contributed by atoms with Crippen molar-refractivity contribution >= 4 is 35.4 Å². The molecule has 0 saturated heterocycles. The Kier molecular flexibility index (Phi) is 38.4. The number of carbonyl (C=O) groups is 6. The van der Waals surface area contributed by atoms with Crippen LogP contribution >= 0.6 is 0 Å². The van der Waals surface area contributed by atoms with E-state index in [2.05, 4.69) is 73.7 Å². The van der Waals surface area contributed by atoms with Crippen LogP contribution < -0.4 is 46.0 Å². The van der Waals surface area contributed by atoms with E-state index in [1.54, 1.807) is 49.8 Å². The number of nitrogens with zero attached hydrogens (tertiary/aromatic N) is 10. The van der Waals surface area contributed by atoms with Crippen molar-refractivity contribution in [2.75, 3.05) is 116 Å². The topological polar surface area (TPSA) is 348 Å². The molecule has 15 rings (SSSR count). The number of carboxylic acids is 1. The lowest BCUT2D eigenvalue weighted by Crippen LogP contribution is -2.40. The first kappa shape index (κ1) is 95.6. The number of aliphatic carboxylic acids is 1. The molecule has 656 valence electrons. The van der Waals surface area contributed by atoms with Gasteiger partial charge in [-0.1, -0.05) is 96.7 Å². The van der Waals surface area contributed by atoms with E-state index in [9.17, 15) is 28.8 Å². The number of nitrogens with one attached hydrogen (secondary N) is 2. The Morgan fingerprint density at radius 2 is 0.934 bits per heavy atom. The number of ether oxygens (including phenoxy) is 9. The second-order valence-electron chi connectivity index (χ2n) is 31.0. The SMILES string of the molecule is CCOC(=O)CNN.CCOC(=O)Cn1ncc2c1-c1cc(C)ccc1OC2.CN(CCN)C1CCCCC1.COC(OC)N(C)C.Cc1ccc2c(c1)-c1c(cnn1CC(=O)NCCN(C)C1CCCCC1)CO2.Cc1ccc2c(c1)-c1c(cnn1CC(=O)O)CO2.Cc1ccc2c(c1)C(=O)/C(=C/N(C)C)CO2.Cc1ccc2c(c1)C(=O)CCO2. The van der Waals surface area contributed by atoms with Gasteiger partial charge in [-0.15, -0.1) is 0 Å². The standard InChI is InChI=1S/C22H30N4O2.C15H16N2O3.C13H12N2O3.C13H15NO2.C10H10O2.C9H20N2.C5H13NO2.C4H10N2O2/c1-16-8-9-20-19(12-16)22-17(15-28-20)13-24-26(22)14-21(27)23-10-11-25(2)18-6-4-3-5-7-18;1-3-19-14(18)8-17-15-11(7-16-17)9-20-13-5-4-10(2)6-12(13)15;1-8-2-3-11-10(4-8)13-9(7-18-11)5-14-15(13)6-12(16)17;1-9-4-5-12-11(6-9)13(15)10(8-16-12)7-14(2)3;1-7-2-3-10-8(6-7)9(11)4-5-12-10;1-11(8-7-10)9-5-3-2-4-6-9;1-6(2)5(7-3)8-4;1-2-8-4(7)3-6-5/h8-9,12-13,18H,3-7,10-11,14-15H2,1-2H3,(H,23,27);4-7H,3,8-9H2,1-2H3;2-5H,6-7H2,1H3,(H,16,17);4-7H,8H2,1-3H3;2-3,6H,4-5H2,1H3;9H,2-8,10H2,1H3;5H,1-4H3;6H,2-3,5H2,1H3/b;;;10-7+;;;;. The van der Waals surface area contributed by atoms with Gasteiger partial charge in [-0.3, -0.25) is 53.6 Å². The van der Waals surface area contributed by atoms with E-state index in [1.807, 2.05) is 157 Å². The number of aromatic nitrogens is 6. The molecular formula is C91H126N14O16. The van der Waals surface area contributed by atoms with Crippen molar-refractivity contribution in [3.63, 3.8) is 0 Å². The first-order valence-electron chi connectivity index (χ1n) is 41.5. The molecule has 0 bridgehead atoms. The Bertz CT molecular complexity index is 4720. The number of hydrogen-bond acceptors (Lipinski definition) is 25. The highest BCUT2D eigenvalue weighted by molar-refractivity contribution is 6.11. The van der Waals surface area contributed by atoms with E-state index in [1.165, 1.54) is 68.9 Å². The number of carboxylic acid groups (broad SMARTS) is 1. The fourth-order valence-corrected chi connectivity index (χ4v) is 14.8. The van der Waals surface area contributed by atoms with Gasteiger partial charge >= 0.3 is 17.9 Å².